The lowest BCUT2D eigenvalue weighted by Crippen LogP contribution is -2.50. The van der Waals surface area contributed by atoms with E-state index in [-0.39, 0.29) is 6.04 Å². The second-order valence-corrected chi connectivity index (χ2v) is 11.8. The Kier molecular flexibility index (Phi) is 9.53. The van der Waals surface area contributed by atoms with Crippen LogP contribution in [0.25, 0.3) is 0 Å². The molecule has 1 N–H and O–H groups in total. The van der Waals surface area contributed by atoms with Gasteiger partial charge in [-0.1, -0.05) is 57.9 Å². The molecule has 8 heteroatoms. The first-order valence-electron chi connectivity index (χ1n) is 13.6. The SMILES string of the molecule is Cc1cccc(COc2c(C)cc(CN(C)C(=O)C(=O)Nc3cc(Br)ccc3N3CCN(C)CC3C)cc2C)c1. The molecule has 7 nitrogen and oxygen atoms in total. The van der Waals surface area contributed by atoms with Crippen LogP contribution in [-0.2, 0) is 22.7 Å². The summed E-state index contributed by atoms with van der Waals surface area (Å²) in [6, 6.07) is 18.4. The number of likely N-dealkylation sites (N-methyl/N-ethyl adjacent to an activating group) is 2. The van der Waals surface area contributed by atoms with Crippen molar-refractivity contribution in [2.24, 2.45) is 0 Å². The van der Waals surface area contributed by atoms with Gasteiger partial charge in [0.25, 0.3) is 0 Å². The first kappa shape index (κ1) is 29.6. The fourth-order valence-electron chi connectivity index (χ4n) is 5.37. The first-order valence-corrected chi connectivity index (χ1v) is 14.4. The van der Waals surface area contributed by atoms with Crippen molar-refractivity contribution < 1.29 is 14.3 Å². The Morgan fingerprint density at radius 3 is 2.42 bits per heavy atom. The summed E-state index contributed by atoms with van der Waals surface area (Å²) in [6.45, 7) is 11.8. The van der Waals surface area contributed by atoms with Crippen LogP contribution in [0.4, 0.5) is 11.4 Å². The molecule has 4 rings (SSSR count). The minimum absolute atomic E-state index is 0.282. The maximum Gasteiger partial charge on any atom is 0.313 e. The van der Waals surface area contributed by atoms with Gasteiger partial charge in [0, 0.05) is 43.7 Å². The molecule has 0 radical (unpaired) electrons. The monoisotopic (exact) mass is 606 g/mol. The molecule has 1 saturated heterocycles. The summed E-state index contributed by atoms with van der Waals surface area (Å²) < 4.78 is 6.99. The van der Waals surface area contributed by atoms with Crippen molar-refractivity contribution in [3.8, 4) is 5.75 Å². The van der Waals surface area contributed by atoms with Crippen LogP contribution in [0.15, 0.2) is 59.1 Å². The van der Waals surface area contributed by atoms with E-state index in [1.165, 1.54) is 10.5 Å². The molecule has 3 aromatic carbocycles. The molecule has 0 spiro atoms. The second-order valence-electron chi connectivity index (χ2n) is 10.9. The molecule has 1 aliphatic rings. The largest absolute Gasteiger partial charge is 0.488 e. The van der Waals surface area contributed by atoms with Gasteiger partial charge in [0.2, 0.25) is 0 Å². The molecule has 0 saturated carbocycles. The van der Waals surface area contributed by atoms with Crippen molar-refractivity contribution >= 4 is 39.1 Å². The summed E-state index contributed by atoms with van der Waals surface area (Å²) in [4.78, 5) is 32.2. The minimum Gasteiger partial charge on any atom is -0.488 e. The molecule has 0 aliphatic carbocycles. The summed E-state index contributed by atoms with van der Waals surface area (Å²) >= 11 is 3.51. The quantitative estimate of drug-likeness (QED) is 0.350. The van der Waals surface area contributed by atoms with Gasteiger partial charge in [-0.2, -0.15) is 0 Å². The predicted molar refractivity (Wildman–Crippen MR) is 165 cm³/mol. The van der Waals surface area contributed by atoms with Crippen molar-refractivity contribution in [3.63, 3.8) is 0 Å². The number of nitrogens with zero attached hydrogens (tertiary/aromatic N) is 3. The van der Waals surface area contributed by atoms with Crippen molar-refractivity contribution in [2.45, 2.75) is 46.9 Å². The standard InChI is InChI=1S/C32H39BrN4O3/c1-21-8-7-9-25(14-21)20-40-30-22(2)15-26(16-23(30)3)19-36(6)32(39)31(38)34-28-17-27(33)10-11-29(28)37-13-12-35(5)18-24(37)4/h7-11,14-17,24H,12-13,18-20H2,1-6H3,(H,34,38). The summed E-state index contributed by atoms with van der Waals surface area (Å²) in [5.41, 5.74) is 6.79. The Morgan fingerprint density at radius 2 is 1.75 bits per heavy atom. The fraction of sp³-hybridized carbons (Fsp3) is 0.375. The molecule has 2 amide bonds. The lowest BCUT2D eigenvalue weighted by molar-refractivity contribution is -0.142. The number of benzene rings is 3. The van der Waals surface area contributed by atoms with Crippen molar-refractivity contribution in [1.29, 1.82) is 0 Å². The number of hydrogen-bond donors (Lipinski definition) is 1. The Labute approximate surface area is 246 Å². The third-order valence-corrected chi connectivity index (χ3v) is 7.79. The number of amides is 2. The smallest absolute Gasteiger partial charge is 0.313 e. The molecule has 0 aromatic heterocycles. The Balaban J connectivity index is 1.42. The molecule has 1 heterocycles. The lowest BCUT2D eigenvalue weighted by atomic mass is 10.0. The van der Waals surface area contributed by atoms with Crippen LogP contribution in [0.3, 0.4) is 0 Å². The van der Waals surface area contributed by atoms with Crippen LogP contribution >= 0.6 is 15.9 Å². The second kappa shape index (κ2) is 12.9. The van der Waals surface area contributed by atoms with Gasteiger partial charge in [-0.05, 0) is 75.2 Å². The van der Waals surface area contributed by atoms with E-state index >= 15 is 0 Å². The van der Waals surface area contributed by atoms with Crippen LogP contribution in [0.5, 0.6) is 5.75 Å². The normalized spacial score (nSPS) is 15.6. The summed E-state index contributed by atoms with van der Waals surface area (Å²) in [5, 5.41) is 2.88. The summed E-state index contributed by atoms with van der Waals surface area (Å²) in [5.74, 6) is -0.403. The van der Waals surface area contributed by atoms with Crippen LogP contribution in [0, 0.1) is 20.8 Å². The fourth-order valence-corrected chi connectivity index (χ4v) is 5.73. The maximum absolute atomic E-state index is 13.1. The number of carbonyl (C=O) groups is 2. The van der Waals surface area contributed by atoms with E-state index in [0.29, 0.717) is 18.8 Å². The number of ether oxygens (including phenoxy) is 1. The average molecular weight is 608 g/mol. The number of piperazine rings is 1. The third kappa shape index (κ3) is 7.23. The van der Waals surface area contributed by atoms with Crippen molar-refractivity contribution in [3.05, 3.63) is 86.9 Å². The summed E-state index contributed by atoms with van der Waals surface area (Å²) in [6.07, 6.45) is 0. The van der Waals surface area contributed by atoms with E-state index in [2.05, 4.69) is 70.1 Å². The Bertz CT molecular complexity index is 1370. The van der Waals surface area contributed by atoms with E-state index in [4.69, 9.17) is 4.74 Å². The van der Waals surface area contributed by atoms with E-state index < -0.39 is 11.8 Å². The zero-order valence-corrected chi connectivity index (χ0v) is 25.8. The Hall–Kier alpha value is -3.36. The number of anilines is 2. The molecule has 40 heavy (non-hydrogen) atoms. The van der Waals surface area contributed by atoms with E-state index in [0.717, 1.165) is 57.8 Å². The van der Waals surface area contributed by atoms with Crippen LogP contribution < -0.4 is 15.0 Å². The van der Waals surface area contributed by atoms with E-state index in [1.807, 2.05) is 50.2 Å². The molecule has 1 unspecified atom stereocenters. The molecule has 212 valence electrons. The van der Waals surface area contributed by atoms with Gasteiger partial charge in [0.05, 0.1) is 11.4 Å². The highest BCUT2D eigenvalue weighted by Gasteiger charge is 2.26. The maximum atomic E-state index is 13.1. The van der Waals surface area contributed by atoms with Crippen molar-refractivity contribution in [2.75, 3.05) is 43.9 Å². The molecule has 1 fully saturated rings. The van der Waals surface area contributed by atoms with Gasteiger partial charge >= 0.3 is 11.8 Å². The molecule has 0 bridgehead atoms. The van der Waals surface area contributed by atoms with E-state index in [1.54, 1.807) is 7.05 Å². The minimum atomic E-state index is -0.657. The number of halogens is 1. The highest BCUT2D eigenvalue weighted by molar-refractivity contribution is 9.10. The highest BCUT2D eigenvalue weighted by atomic mass is 79.9. The van der Waals surface area contributed by atoms with Crippen LogP contribution in [0.2, 0.25) is 0 Å². The lowest BCUT2D eigenvalue weighted by Gasteiger charge is -2.40. The number of hydrogen-bond acceptors (Lipinski definition) is 5. The molecular weight excluding hydrogens is 568 g/mol. The topological polar surface area (TPSA) is 65.1 Å². The van der Waals surface area contributed by atoms with Gasteiger partial charge in [-0.3, -0.25) is 9.59 Å². The van der Waals surface area contributed by atoms with Gasteiger partial charge < -0.3 is 24.8 Å². The number of rotatable bonds is 7. The summed E-state index contributed by atoms with van der Waals surface area (Å²) in [7, 11) is 3.76. The zero-order chi connectivity index (χ0) is 29.0. The number of aryl methyl sites for hydroxylation is 3. The van der Waals surface area contributed by atoms with Gasteiger partial charge in [0.15, 0.2) is 0 Å². The van der Waals surface area contributed by atoms with Gasteiger partial charge in [0.1, 0.15) is 12.4 Å². The Morgan fingerprint density at radius 1 is 1.02 bits per heavy atom. The number of carbonyl (C=O) groups excluding carboxylic acids is 2. The highest BCUT2D eigenvalue weighted by Crippen LogP contribution is 2.32. The van der Waals surface area contributed by atoms with Crippen molar-refractivity contribution in [1.82, 2.24) is 9.80 Å². The zero-order valence-electron chi connectivity index (χ0n) is 24.3. The third-order valence-electron chi connectivity index (χ3n) is 7.29. The molecule has 3 aromatic rings. The van der Waals surface area contributed by atoms with Gasteiger partial charge in [-0.25, -0.2) is 0 Å². The van der Waals surface area contributed by atoms with Gasteiger partial charge in [-0.15, -0.1) is 0 Å². The van der Waals surface area contributed by atoms with E-state index in [9.17, 15) is 9.59 Å². The molecule has 1 aliphatic heterocycles. The molecule has 1 atom stereocenters. The molecular formula is C32H39BrN4O3. The first-order chi connectivity index (χ1) is 19.0. The van der Waals surface area contributed by atoms with Crippen LogP contribution in [0.1, 0.15) is 34.7 Å². The number of nitrogens with one attached hydrogen (secondary N) is 1. The predicted octanol–water partition coefficient (Wildman–Crippen LogP) is 5.69. The average Bonchev–Trinajstić information content (AvgIpc) is 2.88. The van der Waals surface area contributed by atoms with Crippen LogP contribution in [-0.4, -0.2) is 61.4 Å².